The second-order valence-corrected chi connectivity index (χ2v) is 12.1. The van der Waals surface area contributed by atoms with E-state index in [2.05, 4.69) is 53.4 Å². The van der Waals surface area contributed by atoms with Crippen LogP contribution in [0.2, 0.25) is 0 Å². The van der Waals surface area contributed by atoms with Crippen LogP contribution in [0.5, 0.6) is 0 Å². The molecule has 0 fully saturated rings. The number of rotatable bonds is 10. The molecule has 7 nitrogen and oxygen atoms in total. The molecule has 1 amide bonds. The van der Waals surface area contributed by atoms with E-state index in [1.165, 1.54) is 5.56 Å². The molecule has 200 valence electrons. The lowest BCUT2D eigenvalue weighted by molar-refractivity contribution is -0.121. The van der Waals surface area contributed by atoms with Gasteiger partial charge >= 0.3 is 0 Å². The first-order valence-electron chi connectivity index (χ1n) is 12.8. The van der Waals surface area contributed by atoms with Crippen molar-refractivity contribution in [2.45, 2.75) is 50.5 Å². The van der Waals surface area contributed by atoms with Gasteiger partial charge in [0.05, 0.1) is 16.6 Å². The number of hydrogen-bond acceptors (Lipinski definition) is 5. The third-order valence-electron chi connectivity index (χ3n) is 7.02. The highest BCUT2D eigenvalue weighted by molar-refractivity contribution is 7.90. The summed E-state index contributed by atoms with van der Waals surface area (Å²) >= 11 is 0. The van der Waals surface area contributed by atoms with E-state index < -0.39 is 10.0 Å². The summed E-state index contributed by atoms with van der Waals surface area (Å²) in [5, 5.41) is 8.06. The fourth-order valence-electron chi connectivity index (χ4n) is 4.49. The fourth-order valence-corrected chi connectivity index (χ4v) is 5.77. The Hall–Kier alpha value is -3.49. The molecule has 3 aromatic carbocycles. The van der Waals surface area contributed by atoms with Crippen LogP contribution in [0.1, 0.15) is 41.5 Å². The van der Waals surface area contributed by atoms with E-state index in [0.717, 1.165) is 26.2 Å². The van der Waals surface area contributed by atoms with Crippen molar-refractivity contribution in [3.05, 3.63) is 95.2 Å². The summed E-state index contributed by atoms with van der Waals surface area (Å²) in [5.41, 5.74) is 4.94. The van der Waals surface area contributed by atoms with Gasteiger partial charge in [0.25, 0.3) is 10.0 Å². The van der Waals surface area contributed by atoms with Gasteiger partial charge in [-0.05, 0) is 75.7 Å². The predicted molar refractivity (Wildman–Crippen MR) is 152 cm³/mol. The number of fused-ring (bicyclic) bond motifs is 1. The van der Waals surface area contributed by atoms with Gasteiger partial charge in [0.15, 0.2) is 0 Å². The highest BCUT2D eigenvalue weighted by Gasteiger charge is 2.21. The number of aryl methyl sites for hydroxylation is 2. The van der Waals surface area contributed by atoms with Crippen molar-refractivity contribution < 1.29 is 13.2 Å². The van der Waals surface area contributed by atoms with Crippen molar-refractivity contribution >= 4 is 26.8 Å². The van der Waals surface area contributed by atoms with Gasteiger partial charge in [0.1, 0.15) is 0 Å². The maximum Gasteiger partial charge on any atom is 0.283 e. The van der Waals surface area contributed by atoms with Crippen molar-refractivity contribution in [1.29, 1.82) is 0 Å². The number of nitrogens with zero attached hydrogens (tertiary/aromatic N) is 3. The highest BCUT2D eigenvalue weighted by atomic mass is 32.2. The Morgan fingerprint density at radius 1 is 0.974 bits per heavy atom. The standard InChI is InChI=1S/C30H36N4O3S/c1-21-6-11-25(12-7-21)23(3)16-30(35)31-20-27(33(4)5)18-24-10-15-29-26(17-24)19-32-34(29)38(36,37)28-13-8-22(2)9-14-28/h6-15,17,19,23,27H,16,18,20H2,1-5H3,(H,31,35)/t23-,27-/m0/s1. The summed E-state index contributed by atoms with van der Waals surface area (Å²) in [6.07, 6.45) is 2.72. The van der Waals surface area contributed by atoms with Crippen molar-refractivity contribution in [3.63, 3.8) is 0 Å². The molecule has 8 heteroatoms. The second kappa shape index (κ2) is 11.5. The van der Waals surface area contributed by atoms with Crippen LogP contribution in [0.15, 0.2) is 77.8 Å². The Balaban J connectivity index is 1.42. The highest BCUT2D eigenvalue weighted by Crippen LogP contribution is 2.23. The minimum Gasteiger partial charge on any atom is -0.355 e. The second-order valence-electron chi connectivity index (χ2n) is 10.3. The van der Waals surface area contributed by atoms with Crippen LogP contribution in [0.4, 0.5) is 0 Å². The summed E-state index contributed by atoms with van der Waals surface area (Å²) in [4.78, 5) is 15.0. The minimum atomic E-state index is -3.79. The Bertz CT molecular complexity index is 1510. The van der Waals surface area contributed by atoms with Gasteiger partial charge in [-0.3, -0.25) is 4.79 Å². The monoisotopic (exact) mass is 532 g/mol. The van der Waals surface area contributed by atoms with E-state index in [1.54, 1.807) is 36.5 Å². The predicted octanol–water partition coefficient (Wildman–Crippen LogP) is 4.67. The summed E-state index contributed by atoms with van der Waals surface area (Å²) < 4.78 is 27.4. The first-order chi connectivity index (χ1) is 18.0. The van der Waals surface area contributed by atoms with Crippen LogP contribution in [0.25, 0.3) is 10.9 Å². The van der Waals surface area contributed by atoms with Crippen LogP contribution in [0.3, 0.4) is 0 Å². The van der Waals surface area contributed by atoms with E-state index in [9.17, 15) is 13.2 Å². The molecule has 0 aliphatic rings. The number of carbonyl (C=O) groups excluding carboxylic acids is 1. The molecule has 0 aliphatic carbocycles. The summed E-state index contributed by atoms with van der Waals surface area (Å²) in [6, 6.07) is 20.9. The van der Waals surface area contributed by atoms with Gasteiger partial charge in [-0.1, -0.05) is 60.5 Å². The summed E-state index contributed by atoms with van der Waals surface area (Å²) in [6.45, 7) is 6.56. The maximum absolute atomic E-state index is 13.2. The van der Waals surface area contributed by atoms with Crippen molar-refractivity contribution in [3.8, 4) is 0 Å². The van der Waals surface area contributed by atoms with Crippen molar-refractivity contribution in [1.82, 2.24) is 19.4 Å². The number of aromatic nitrogens is 2. The fraction of sp³-hybridized carbons (Fsp3) is 0.333. The van der Waals surface area contributed by atoms with E-state index in [1.807, 2.05) is 33.2 Å². The largest absolute Gasteiger partial charge is 0.355 e. The normalized spacial score (nSPS) is 13.5. The first-order valence-corrected chi connectivity index (χ1v) is 14.3. The molecular formula is C30H36N4O3S. The molecule has 0 aliphatic heterocycles. The van der Waals surface area contributed by atoms with Gasteiger partial charge in [-0.2, -0.15) is 17.6 Å². The molecule has 4 aromatic rings. The van der Waals surface area contributed by atoms with Crippen LogP contribution in [-0.4, -0.2) is 55.1 Å². The zero-order chi connectivity index (χ0) is 27.4. The van der Waals surface area contributed by atoms with Gasteiger partial charge < -0.3 is 10.2 Å². The third kappa shape index (κ3) is 6.31. The molecule has 2 atom stereocenters. The van der Waals surface area contributed by atoms with Crippen LogP contribution in [-0.2, 0) is 21.2 Å². The molecule has 1 heterocycles. The van der Waals surface area contributed by atoms with Gasteiger partial charge in [-0.15, -0.1) is 0 Å². The number of benzene rings is 3. The van der Waals surface area contributed by atoms with E-state index >= 15 is 0 Å². The lowest BCUT2D eigenvalue weighted by atomic mass is 9.96. The average molecular weight is 533 g/mol. The topological polar surface area (TPSA) is 84.3 Å². The Kier molecular flexibility index (Phi) is 8.33. The number of carbonyl (C=O) groups is 1. The van der Waals surface area contributed by atoms with E-state index in [-0.39, 0.29) is 22.8 Å². The smallest absolute Gasteiger partial charge is 0.283 e. The molecule has 4 rings (SSSR count). The Morgan fingerprint density at radius 3 is 2.24 bits per heavy atom. The summed E-state index contributed by atoms with van der Waals surface area (Å²) in [5.74, 6) is 0.173. The zero-order valence-corrected chi connectivity index (χ0v) is 23.5. The molecule has 1 N–H and O–H groups in total. The molecule has 0 saturated heterocycles. The molecule has 38 heavy (non-hydrogen) atoms. The Morgan fingerprint density at radius 2 is 1.61 bits per heavy atom. The number of likely N-dealkylation sites (N-methyl/N-ethyl adjacent to an activating group) is 1. The van der Waals surface area contributed by atoms with E-state index in [0.29, 0.717) is 24.9 Å². The van der Waals surface area contributed by atoms with Crippen LogP contribution >= 0.6 is 0 Å². The Labute approximate surface area is 225 Å². The molecular weight excluding hydrogens is 496 g/mol. The third-order valence-corrected chi connectivity index (χ3v) is 8.63. The molecule has 0 saturated carbocycles. The van der Waals surface area contributed by atoms with Gasteiger partial charge in [0.2, 0.25) is 5.91 Å². The zero-order valence-electron chi connectivity index (χ0n) is 22.7. The average Bonchev–Trinajstić information content (AvgIpc) is 3.31. The van der Waals surface area contributed by atoms with Crippen LogP contribution < -0.4 is 5.32 Å². The first kappa shape index (κ1) is 27.5. The molecule has 1 aromatic heterocycles. The minimum absolute atomic E-state index is 0.0305. The maximum atomic E-state index is 13.2. The molecule has 0 bridgehead atoms. The van der Waals surface area contributed by atoms with Gasteiger partial charge in [-0.25, -0.2) is 0 Å². The lowest BCUT2D eigenvalue weighted by Gasteiger charge is -2.25. The van der Waals surface area contributed by atoms with Crippen molar-refractivity contribution in [2.24, 2.45) is 0 Å². The van der Waals surface area contributed by atoms with E-state index in [4.69, 9.17) is 0 Å². The number of amides is 1. The SMILES string of the molecule is Cc1ccc([C@@H](C)CC(=O)NC[C@H](Cc2ccc3c(cnn3S(=O)(=O)c3ccc(C)cc3)c2)N(C)C)cc1. The van der Waals surface area contributed by atoms with Crippen molar-refractivity contribution in [2.75, 3.05) is 20.6 Å². The van der Waals surface area contributed by atoms with Gasteiger partial charge in [0, 0.05) is 24.4 Å². The molecule has 0 spiro atoms. The molecule has 0 unspecified atom stereocenters. The number of hydrogen-bond donors (Lipinski definition) is 1. The number of nitrogens with one attached hydrogen (secondary N) is 1. The van der Waals surface area contributed by atoms with Crippen LogP contribution in [0, 0.1) is 13.8 Å². The summed E-state index contributed by atoms with van der Waals surface area (Å²) in [7, 11) is 0.204. The quantitative estimate of drug-likeness (QED) is 0.321. The molecule has 0 radical (unpaired) electrons. The lowest BCUT2D eigenvalue weighted by Crippen LogP contribution is -2.41.